The Balaban J connectivity index is 2.10. The number of nitrogens with one attached hydrogen (secondary N) is 1. The van der Waals surface area contributed by atoms with Crippen LogP contribution in [0.15, 0.2) is 42.5 Å². The smallest absolute Gasteiger partial charge is 0.226 e. The Bertz CT molecular complexity index is 817. The number of carbonyl (C=O) groups is 2. The highest BCUT2D eigenvalue weighted by Gasteiger charge is 2.17. The first-order valence-corrected chi connectivity index (χ1v) is 8.07. The number of amides is 2. The summed E-state index contributed by atoms with van der Waals surface area (Å²) in [5, 5.41) is 12.1. The van der Waals surface area contributed by atoms with Gasteiger partial charge in [-0.25, -0.2) is 0 Å². The first-order chi connectivity index (χ1) is 11.9. The SMILES string of the molecule is CC(=O)N(CCC(=O)Nc1c(C)cccc1C)c1ccccc1C#N. The summed E-state index contributed by atoms with van der Waals surface area (Å²) in [6.07, 6.45) is 0.146. The zero-order valence-corrected chi connectivity index (χ0v) is 14.7. The van der Waals surface area contributed by atoms with Gasteiger partial charge in [0, 0.05) is 25.6 Å². The predicted molar refractivity (Wildman–Crippen MR) is 98.3 cm³/mol. The summed E-state index contributed by atoms with van der Waals surface area (Å²) in [6, 6.07) is 14.8. The van der Waals surface area contributed by atoms with Crippen LogP contribution < -0.4 is 10.2 Å². The van der Waals surface area contributed by atoms with Gasteiger partial charge in [-0.1, -0.05) is 30.3 Å². The number of benzene rings is 2. The van der Waals surface area contributed by atoms with Gasteiger partial charge in [0.15, 0.2) is 0 Å². The third-order valence-electron chi connectivity index (χ3n) is 4.00. The number of anilines is 2. The first-order valence-electron chi connectivity index (χ1n) is 8.07. The van der Waals surface area contributed by atoms with Crippen molar-refractivity contribution < 1.29 is 9.59 Å². The third-order valence-corrected chi connectivity index (χ3v) is 4.00. The van der Waals surface area contributed by atoms with Crippen LogP contribution in [0, 0.1) is 25.2 Å². The van der Waals surface area contributed by atoms with Gasteiger partial charge in [0.2, 0.25) is 11.8 Å². The van der Waals surface area contributed by atoms with Crippen molar-refractivity contribution in [2.75, 3.05) is 16.8 Å². The van der Waals surface area contributed by atoms with Gasteiger partial charge >= 0.3 is 0 Å². The molecule has 0 radical (unpaired) electrons. The van der Waals surface area contributed by atoms with E-state index in [4.69, 9.17) is 0 Å². The van der Waals surface area contributed by atoms with E-state index in [1.807, 2.05) is 32.0 Å². The van der Waals surface area contributed by atoms with Gasteiger partial charge in [-0.2, -0.15) is 5.26 Å². The standard InChI is InChI=1S/C20H21N3O2/c1-14-7-6-8-15(2)20(14)22-19(25)11-12-23(16(3)24)18-10-5-4-9-17(18)13-21/h4-10H,11-12H2,1-3H3,(H,22,25). The number of aryl methyl sites for hydroxylation is 2. The second kappa shape index (κ2) is 8.11. The minimum Gasteiger partial charge on any atom is -0.326 e. The molecule has 0 spiro atoms. The van der Waals surface area contributed by atoms with E-state index in [0.717, 1.165) is 16.8 Å². The van der Waals surface area contributed by atoms with Crippen molar-refractivity contribution in [2.45, 2.75) is 27.2 Å². The van der Waals surface area contributed by atoms with Crippen LogP contribution in [0.4, 0.5) is 11.4 Å². The molecule has 0 atom stereocenters. The second-order valence-electron chi connectivity index (χ2n) is 5.86. The number of rotatable bonds is 5. The van der Waals surface area contributed by atoms with E-state index in [1.165, 1.54) is 11.8 Å². The van der Waals surface area contributed by atoms with E-state index >= 15 is 0 Å². The van der Waals surface area contributed by atoms with Crippen LogP contribution in [0.5, 0.6) is 0 Å². The molecule has 0 heterocycles. The maximum absolute atomic E-state index is 12.3. The number of hydrogen-bond acceptors (Lipinski definition) is 3. The largest absolute Gasteiger partial charge is 0.326 e. The minimum absolute atomic E-state index is 0.146. The molecule has 0 aliphatic rings. The zero-order chi connectivity index (χ0) is 18.4. The molecule has 2 amide bonds. The lowest BCUT2D eigenvalue weighted by molar-refractivity contribution is -0.117. The average molecular weight is 335 g/mol. The van der Waals surface area contributed by atoms with Gasteiger partial charge in [-0.15, -0.1) is 0 Å². The molecule has 2 aromatic carbocycles. The summed E-state index contributed by atoms with van der Waals surface area (Å²) < 4.78 is 0. The van der Waals surface area contributed by atoms with Gasteiger partial charge in [-0.3, -0.25) is 9.59 Å². The summed E-state index contributed by atoms with van der Waals surface area (Å²) in [5.74, 6) is -0.374. The molecule has 0 saturated heterocycles. The number of hydrogen-bond donors (Lipinski definition) is 1. The van der Waals surface area contributed by atoms with Gasteiger partial charge in [0.05, 0.1) is 11.3 Å². The molecule has 0 fully saturated rings. The van der Waals surface area contributed by atoms with Crippen molar-refractivity contribution in [2.24, 2.45) is 0 Å². The lowest BCUT2D eigenvalue weighted by Gasteiger charge is -2.22. The highest BCUT2D eigenvalue weighted by atomic mass is 16.2. The Morgan fingerprint density at radius 2 is 1.72 bits per heavy atom. The van der Waals surface area contributed by atoms with Gasteiger partial charge < -0.3 is 10.2 Å². The molecular weight excluding hydrogens is 314 g/mol. The molecule has 5 heteroatoms. The van der Waals surface area contributed by atoms with E-state index in [2.05, 4.69) is 11.4 Å². The van der Waals surface area contributed by atoms with Crippen molar-refractivity contribution in [3.8, 4) is 6.07 Å². The van der Waals surface area contributed by atoms with Crippen LogP contribution in [0.3, 0.4) is 0 Å². The summed E-state index contributed by atoms with van der Waals surface area (Å²) in [5.41, 5.74) is 3.72. The summed E-state index contributed by atoms with van der Waals surface area (Å²) in [6.45, 7) is 5.52. The molecule has 128 valence electrons. The van der Waals surface area contributed by atoms with E-state index in [1.54, 1.807) is 24.3 Å². The lowest BCUT2D eigenvalue weighted by atomic mass is 10.1. The van der Waals surface area contributed by atoms with E-state index in [-0.39, 0.29) is 24.8 Å². The Morgan fingerprint density at radius 3 is 2.32 bits per heavy atom. The number of para-hydroxylation sites is 2. The fraction of sp³-hybridized carbons (Fsp3) is 0.250. The Hall–Kier alpha value is -3.13. The van der Waals surface area contributed by atoms with E-state index < -0.39 is 0 Å². The van der Waals surface area contributed by atoms with Gasteiger partial charge in [0.25, 0.3) is 0 Å². The number of nitriles is 1. The van der Waals surface area contributed by atoms with Crippen LogP contribution >= 0.6 is 0 Å². The molecule has 0 bridgehead atoms. The molecular formula is C20H21N3O2. The second-order valence-corrected chi connectivity index (χ2v) is 5.86. The Labute approximate surface area is 147 Å². The fourth-order valence-electron chi connectivity index (χ4n) is 2.68. The number of nitrogens with zero attached hydrogens (tertiary/aromatic N) is 2. The monoisotopic (exact) mass is 335 g/mol. The first kappa shape index (κ1) is 18.2. The molecule has 2 rings (SSSR count). The molecule has 0 unspecified atom stereocenters. The molecule has 0 aliphatic heterocycles. The zero-order valence-electron chi connectivity index (χ0n) is 14.7. The Morgan fingerprint density at radius 1 is 1.08 bits per heavy atom. The predicted octanol–water partition coefficient (Wildman–Crippen LogP) is 3.56. The highest BCUT2D eigenvalue weighted by Crippen LogP contribution is 2.22. The van der Waals surface area contributed by atoms with Crippen molar-refractivity contribution in [3.63, 3.8) is 0 Å². The van der Waals surface area contributed by atoms with Gasteiger partial charge in [0.1, 0.15) is 6.07 Å². The quantitative estimate of drug-likeness (QED) is 0.908. The maximum Gasteiger partial charge on any atom is 0.226 e. The van der Waals surface area contributed by atoms with Crippen molar-refractivity contribution in [3.05, 3.63) is 59.2 Å². The van der Waals surface area contributed by atoms with E-state index in [9.17, 15) is 14.9 Å². The average Bonchev–Trinajstić information content (AvgIpc) is 2.58. The third kappa shape index (κ3) is 4.45. The lowest BCUT2D eigenvalue weighted by Crippen LogP contribution is -2.32. The maximum atomic E-state index is 12.3. The molecule has 2 aromatic rings. The van der Waals surface area contributed by atoms with E-state index in [0.29, 0.717) is 11.3 Å². The normalized spacial score (nSPS) is 10.0. The summed E-state index contributed by atoms with van der Waals surface area (Å²) in [4.78, 5) is 25.8. The molecule has 0 saturated carbocycles. The van der Waals surface area contributed by atoms with Crippen LogP contribution in [0.1, 0.15) is 30.0 Å². The number of carbonyl (C=O) groups excluding carboxylic acids is 2. The molecule has 0 aromatic heterocycles. The molecule has 0 aliphatic carbocycles. The molecule has 25 heavy (non-hydrogen) atoms. The van der Waals surface area contributed by atoms with Crippen molar-refractivity contribution >= 4 is 23.2 Å². The van der Waals surface area contributed by atoms with Crippen LogP contribution in [-0.4, -0.2) is 18.4 Å². The van der Waals surface area contributed by atoms with Crippen molar-refractivity contribution in [1.29, 1.82) is 5.26 Å². The van der Waals surface area contributed by atoms with Crippen LogP contribution in [0.25, 0.3) is 0 Å². The summed E-state index contributed by atoms with van der Waals surface area (Å²) in [7, 11) is 0. The topological polar surface area (TPSA) is 73.2 Å². The molecule has 5 nitrogen and oxygen atoms in total. The van der Waals surface area contributed by atoms with Crippen LogP contribution in [-0.2, 0) is 9.59 Å². The van der Waals surface area contributed by atoms with Crippen molar-refractivity contribution in [1.82, 2.24) is 0 Å². The van der Waals surface area contributed by atoms with Gasteiger partial charge in [-0.05, 0) is 37.1 Å². The minimum atomic E-state index is -0.206. The fourth-order valence-corrected chi connectivity index (χ4v) is 2.68. The van der Waals surface area contributed by atoms with Crippen LogP contribution in [0.2, 0.25) is 0 Å². The highest BCUT2D eigenvalue weighted by molar-refractivity contribution is 5.96. The molecule has 1 N–H and O–H groups in total. The Kier molecular flexibility index (Phi) is 5.91. The summed E-state index contributed by atoms with van der Waals surface area (Å²) >= 11 is 0.